The minimum atomic E-state index is -6.00. The number of hydrogen-bond donors (Lipinski definition) is 0. The first-order valence-corrected chi connectivity index (χ1v) is 28.2. The summed E-state index contributed by atoms with van der Waals surface area (Å²) in [5.41, 5.74) is 2.29. The van der Waals surface area contributed by atoms with Crippen molar-refractivity contribution in [2.45, 2.75) is 5.14 Å². The van der Waals surface area contributed by atoms with E-state index in [2.05, 4.69) is 200 Å². The molecular weight excluding hydrogens is 1650 g/mol. The SMILES string of the molecule is F[B-](F)(F)F.[Au+].[Au+].[Au+].[C-]#Cc1ccc(OC)cc1.[C-]#Cc1ccc(OC)cc1.[C-]#Cc1ccc(OC)cc1.[Cu+].c1ccc([PH+](c2ccccc2)C([PH+](c2ccccc2)c2ccccc2)[PH+](c2ccccc2)c2ccccc2)cc1. The standard InChI is InChI=1S/C37H31P3.3C9H7O.3Au.BF4.Cu/c1-7-19-31(20-8-1)38(32-21-9-2-10-22-32)37(39(33-23-11-3-12-24-33)34-25-13-4-14-26-34)40(35-27-15-5-16-28-35)36-29-17-6-18-30-36;3*1-3-8-4-6-9(10-2)7-5-8;;;;2-1(3,4)5;/h1-30,37H;3*4-7H,2H3;;;;;/q;3*-1;3*+1;-1;+1/p+3. The van der Waals surface area contributed by atoms with Gasteiger partial charge in [0, 0.05) is 0 Å². The molecule has 0 radical (unpaired) electrons. The average Bonchev–Trinajstić information content (AvgIpc) is 3.50. The molecule has 3 nitrogen and oxygen atoms in total. The summed E-state index contributed by atoms with van der Waals surface area (Å²) in [6.07, 6.45) is 20.3. The summed E-state index contributed by atoms with van der Waals surface area (Å²) in [4.78, 5) is 0. The molecule has 0 bridgehead atoms. The van der Waals surface area contributed by atoms with E-state index in [1.54, 1.807) is 94.1 Å². The van der Waals surface area contributed by atoms with Crippen LogP contribution in [-0.2, 0) is 84.2 Å². The van der Waals surface area contributed by atoms with E-state index >= 15 is 0 Å². The van der Waals surface area contributed by atoms with Gasteiger partial charge >= 0.3 is 91.5 Å². The van der Waals surface area contributed by atoms with Crippen LogP contribution < -0.4 is 46.0 Å². The summed E-state index contributed by atoms with van der Waals surface area (Å²) in [5.74, 6) is 9.23. The number of methoxy groups -OCH3 is 3. The summed E-state index contributed by atoms with van der Waals surface area (Å²) in [5, 5.41) is 9.44. The molecule has 0 aliphatic rings. The minimum Gasteiger partial charge on any atom is -0.497 e. The summed E-state index contributed by atoms with van der Waals surface area (Å²) in [7, 11) is -4.86. The van der Waals surface area contributed by atoms with Gasteiger partial charge in [-0.15, -0.1) is 53.1 Å². The third-order valence-electron chi connectivity index (χ3n) is 11.1. The number of rotatable bonds is 12. The molecule has 0 unspecified atom stereocenters. The van der Waals surface area contributed by atoms with Gasteiger partial charge in [0.2, 0.25) is 0 Å². The molecule has 79 heavy (non-hydrogen) atoms. The van der Waals surface area contributed by atoms with Crippen molar-refractivity contribution in [2.24, 2.45) is 0 Å². The van der Waals surface area contributed by atoms with Crippen LogP contribution in [0.25, 0.3) is 0 Å². The normalized spacial score (nSPS) is 9.72. The van der Waals surface area contributed by atoms with Crippen molar-refractivity contribution < 1.29 is 116 Å². The Hall–Kier alpha value is -5.12. The van der Waals surface area contributed by atoms with Crippen LogP contribution in [0, 0.1) is 37.0 Å². The zero-order chi connectivity index (χ0) is 53.7. The van der Waals surface area contributed by atoms with Gasteiger partial charge in [-0.3, -0.25) is 17.8 Å². The van der Waals surface area contributed by atoms with Crippen LogP contribution in [0.1, 0.15) is 16.7 Å². The maximum atomic E-state index is 9.75. The zero-order valence-electron chi connectivity index (χ0n) is 42.8. The molecule has 0 aromatic heterocycles. The van der Waals surface area contributed by atoms with Crippen LogP contribution >= 0.6 is 23.8 Å². The van der Waals surface area contributed by atoms with E-state index in [0.29, 0.717) is 5.14 Å². The van der Waals surface area contributed by atoms with Crippen LogP contribution in [0.5, 0.6) is 17.2 Å². The van der Waals surface area contributed by atoms with E-state index in [-0.39, 0.29) is 84.2 Å². The van der Waals surface area contributed by atoms with Crippen molar-refractivity contribution in [1.82, 2.24) is 0 Å². The van der Waals surface area contributed by atoms with E-state index in [4.69, 9.17) is 33.5 Å². The molecule has 0 saturated carbocycles. The number of ether oxygens (including phenoxy) is 3. The third-order valence-corrected chi connectivity index (χ3v) is 23.7. The van der Waals surface area contributed by atoms with Gasteiger partial charge in [-0.1, -0.05) is 109 Å². The molecular formula is C64H55Au3BCuF4O3P3+3. The van der Waals surface area contributed by atoms with Gasteiger partial charge in [0.25, 0.3) is 5.14 Å². The fraction of sp³-hybridized carbons (Fsp3) is 0.0625. The van der Waals surface area contributed by atoms with Crippen molar-refractivity contribution in [1.29, 1.82) is 0 Å². The van der Waals surface area contributed by atoms with Crippen LogP contribution in [-0.4, -0.2) is 33.7 Å². The van der Waals surface area contributed by atoms with Gasteiger partial charge in [-0.2, -0.15) is 0 Å². The van der Waals surface area contributed by atoms with Crippen molar-refractivity contribution >= 4 is 62.8 Å². The molecule has 0 aliphatic heterocycles. The van der Waals surface area contributed by atoms with Gasteiger partial charge in [0.05, 0.1) is 21.3 Å². The molecule has 0 spiro atoms. The Morgan fingerprint density at radius 3 is 0.595 bits per heavy atom. The summed E-state index contributed by atoms with van der Waals surface area (Å²) in [6, 6.07) is 89.9. The Balaban J connectivity index is 0.000000649. The van der Waals surface area contributed by atoms with E-state index in [1.165, 1.54) is 31.8 Å². The molecule has 0 atom stereocenters. The maximum Gasteiger partial charge on any atom is 1.00 e. The second-order valence-electron chi connectivity index (χ2n) is 15.9. The van der Waals surface area contributed by atoms with Crippen LogP contribution in [0.4, 0.5) is 17.3 Å². The maximum absolute atomic E-state index is 9.75. The fourth-order valence-corrected chi connectivity index (χ4v) is 23.4. The van der Waals surface area contributed by atoms with Gasteiger partial charge in [0.15, 0.2) is 0 Å². The second kappa shape index (κ2) is 40.1. The summed E-state index contributed by atoms with van der Waals surface area (Å²) >= 11 is 0. The van der Waals surface area contributed by atoms with Crippen molar-refractivity contribution in [3.63, 3.8) is 0 Å². The number of halogens is 4. The largest absolute Gasteiger partial charge is 1.00 e. The molecule has 0 saturated heterocycles. The van der Waals surface area contributed by atoms with E-state index in [1.807, 2.05) is 0 Å². The first-order valence-electron chi connectivity index (χ1n) is 23.5. The van der Waals surface area contributed by atoms with Gasteiger partial charge in [-0.25, -0.2) is 0 Å². The van der Waals surface area contributed by atoms with Gasteiger partial charge in [-0.05, 0) is 109 Å². The van der Waals surface area contributed by atoms with Crippen molar-refractivity contribution in [3.8, 4) is 35.0 Å². The fourth-order valence-electron chi connectivity index (χ4n) is 7.66. The molecule has 0 aliphatic carbocycles. The van der Waals surface area contributed by atoms with Crippen molar-refractivity contribution in [2.75, 3.05) is 21.3 Å². The summed E-state index contributed by atoms with van der Waals surface area (Å²) < 4.78 is 53.8. The predicted molar refractivity (Wildman–Crippen MR) is 313 cm³/mol. The van der Waals surface area contributed by atoms with E-state index in [0.717, 1.165) is 33.9 Å². The predicted octanol–water partition coefficient (Wildman–Crippen LogP) is 13.1. The van der Waals surface area contributed by atoms with E-state index in [9.17, 15) is 17.3 Å². The molecule has 0 heterocycles. The Labute approximate surface area is 525 Å². The molecule has 0 amide bonds. The third kappa shape index (κ3) is 25.1. The number of hydrogen-bond acceptors (Lipinski definition) is 3. The van der Waals surface area contributed by atoms with E-state index < -0.39 is 31.0 Å². The molecule has 15 heteroatoms. The second-order valence-corrected chi connectivity index (χ2v) is 25.3. The monoisotopic (exact) mass is 1710 g/mol. The Morgan fingerprint density at radius 1 is 0.316 bits per heavy atom. The zero-order valence-corrected chi connectivity index (χ0v) is 53.3. The first kappa shape index (κ1) is 71.9. The molecule has 9 rings (SSSR count). The molecule has 0 N–H and O–H groups in total. The van der Waals surface area contributed by atoms with Gasteiger partial charge < -0.3 is 50.7 Å². The quantitative estimate of drug-likeness (QED) is 0.0401. The topological polar surface area (TPSA) is 27.7 Å². The average molecular weight is 1710 g/mol. The van der Waals surface area contributed by atoms with Gasteiger partial charge in [0.1, 0.15) is 72.8 Å². The van der Waals surface area contributed by atoms with Crippen LogP contribution in [0.3, 0.4) is 0 Å². The number of benzene rings is 9. The molecule has 9 aromatic carbocycles. The first-order chi connectivity index (χ1) is 36.5. The minimum absolute atomic E-state index is 0. The smallest absolute Gasteiger partial charge is 0.497 e. The molecule has 0 fully saturated rings. The Kier molecular flexibility index (Phi) is 36.5. The van der Waals surface area contributed by atoms with Crippen molar-refractivity contribution in [3.05, 3.63) is 291 Å². The Bertz CT molecular complexity index is 2690. The van der Waals surface area contributed by atoms with Crippen LogP contribution in [0.15, 0.2) is 255 Å². The summed E-state index contributed by atoms with van der Waals surface area (Å²) in [6.45, 7) is 0. The molecule has 9 aromatic rings. The molecule has 416 valence electrons. The van der Waals surface area contributed by atoms with Crippen LogP contribution in [0.2, 0.25) is 0 Å². The Morgan fingerprint density at radius 2 is 0.468 bits per heavy atom.